The van der Waals surface area contributed by atoms with Gasteiger partial charge in [0.25, 0.3) is 0 Å². The van der Waals surface area contributed by atoms with Crippen LogP contribution in [-0.2, 0) is 7.05 Å². The highest BCUT2D eigenvalue weighted by Crippen LogP contribution is 2.30. The molecule has 156 valence electrons. The molecule has 1 aliphatic heterocycles. The summed E-state index contributed by atoms with van der Waals surface area (Å²) in [6, 6.07) is 13.0. The first kappa shape index (κ1) is 19.6. The smallest absolute Gasteiger partial charge is 0.148 e. The fraction of sp³-hybridized carbons (Fsp3) is 0.273. The molecule has 0 atom stereocenters. The van der Waals surface area contributed by atoms with Crippen LogP contribution in [0, 0.1) is 5.41 Å². The minimum Gasteiger partial charge on any atom is -0.510 e. The first-order valence-electron chi connectivity index (χ1n) is 9.55. The molecule has 1 aliphatic rings. The number of rotatable bonds is 7. The summed E-state index contributed by atoms with van der Waals surface area (Å²) >= 11 is 0. The van der Waals surface area contributed by atoms with Crippen molar-refractivity contribution in [2.45, 2.75) is 0 Å². The number of aliphatic hydroxyl groups is 1. The molecule has 0 radical (unpaired) electrons. The molecular formula is C22H24N4O4. The van der Waals surface area contributed by atoms with E-state index in [0.717, 1.165) is 22.5 Å². The summed E-state index contributed by atoms with van der Waals surface area (Å²) in [4.78, 5) is 6.41. The van der Waals surface area contributed by atoms with Crippen LogP contribution in [0.15, 0.2) is 48.2 Å². The number of benzene rings is 2. The summed E-state index contributed by atoms with van der Waals surface area (Å²) in [5.74, 6) is 3.13. The van der Waals surface area contributed by atoms with Crippen molar-refractivity contribution in [3.63, 3.8) is 0 Å². The van der Waals surface area contributed by atoms with Crippen LogP contribution >= 0.6 is 0 Å². The highest BCUT2D eigenvalue weighted by atomic mass is 16.5. The van der Waals surface area contributed by atoms with Crippen molar-refractivity contribution < 1.29 is 19.3 Å². The summed E-state index contributed by atoms with van der Waals surface area (Å²) < 4.78 is 18.0. The Morgan fingerprint density at radius 2 is 1.70 bits per heavy atom. The van der Waals surface area contributed by atoms with E-state index in [1.54, 1.807) is 19.1 Å². The van der Waals surface area contributed by atoms with Gasteiger partial charge in [-0.05, 0) is 36.4 Å². The Bertz CT molecular complexity index is 1120. The molecule has 0 amide bonds. The summed E-state index contributed by atoms with van der Waals surface area (Å²) in [6.07, 6.45) is 0. The third-order valence-electron chi connectivity index (χ3n) is 5.18. The van der Waals surface area contributed by atoms with Crippen LogP contribution in [0.4, 0.5) is 0 Å². The molecule has 8 nitrogen and oxygen atoms in total. The van der Waals surface area contributed by atoms with E-state index >= 15 is 0 Å². The van der Waals surface area contributed by atoms with Crippen molar-refractivity contribution in [1.82, 2.24) is 14.5 Å². The monoisotopic (exact) mass is 408 g/mol. The molecule has 2 heterocycles. The lowest BCUT2D eigenvalue weighted by atomic mass is 10.2. The average Bonchev–Trinajstić information content (AvgIpc) is 3.23. The molecule has 0 unspecified atom stereocenters. The first-order chi connectivity index (χ1) is 14.5. The second-order valence-corrected chi connectivity index (χ2v) is 6.96. The van der Waals surface area contributed by atoms with E-state index in [4.69, 9.17) is 19.6 Å². The molecule has 2 N–H and O–H groups in total. The summed E-state index contributed by atoms with van der Waals surface area (Å²) in [6.45, 7) is 1.11. The van der Waals surface area contributed by atoms with Crippen molar-refractivity contribution in [2.24, 2.45) is 7.05 Å². The van der Waals surface area contributed by atoms with Gasteiger partial charge in [0.2, 0.25) is 0 Å². The van der Waals surface area contributed by atoms with Gasteiger partial charge in [-0.1, -0.05) is 0 Å². The zero-order valence-electron chi connectivity index (χ0n) is 17.2. The fourth-order valence-corrected chi connectivity index (χ4v) is 3.54. The molecule has 0 aliphatic carbocycles. The van der Waals surface area contributed by atoms with Crippen LogP contribution in [0.25, 0.3) is 16.6 Å². The fourth-order valence-electron chi connectivity index (χ4n) is 3.54. The van der Waals surface area contributed by atoms with Gasteiger partial charge in [-0.25, -0.2) is 4.98 Å². The van der Waals surface area contributed by atoms with Crippen LogP contribution < -0.4 is 14.2 Å². The molecule has 2 aromatic carbocycles. The van der Waals surface area contributed by atoms with E-state index in [9.17, 15) is 5.11 Å². The summed E-state index contributed by atoms with van der Waals surface area (Å²) in [5, 5.41) is 19.1. The molecule has 0 saturated carbocycles. The van der Waals surface area contributed by atoms with Crippen LogP contribution in [0.2, 0.25) is 0 Å². The number of hydrogen-bond donors (Lipinski definition) is 2. The minimum absolute atomic E-state index is 0.134. The predicted molar refractivity (Wildman–Crippen MR) is 115 cm³/mol. The van der Waals surface area contributed by atoms with Crippen LogP contribution in [0.1, 0.15) is 5.82 Å². The van der Waals surface area contributed by atoms with Crippen molar-refractivity contribution in [1.29, 1.82) is 5.41 Å². The van der Waals surface area contributed by atoms with Crippen LogP contribution in [-0.4, -0.2) is 59.3 Å². The Hall–Kier alpha value is -3.68. The van der Waals surface area contributed by atoms with Crippen molar-refractivity contribution in [3.05, 3.63) is 54.0 Å². The largest absolute Gasteiger partial charge is 0.510 e. The van der Waals surface area contributed by atoms with Gasteiger partial charge in [0, 0.05) is 13.1 Å². The lowest BCUT2D eigenvalue weighted by Gasteiger charge is -2.19. The van der Waals surface area contributed by atoms with E-state index < -0.39 is 0 Å². The van der Waals surface area contributed by atoms with Gasteiger partial charge in [0.15, 0.2) is 0 Å². The molecule has 0 saturated heterocycles. The van der Waals surface area contributed by atoms with Crippen LogP contribution in [0.3, 0.4) is 0 Å². The normalized spacial score (nSPS) is 14.0. The first-order valence-corrected chi connectivity index (χ1v) is 9.55. The maximum Gasteiger partial charge on any atom is 0.148 e. The number of methoxy groups -OCH3 is 2. The maximum atomic E-state index is 10.6. The number of nitrogens with zero attached hydrogens (tertiary/aromatic N) is 3. The quantitative estimate of drug-likeness (QED) is 0.624. The topological polar surface area (TPSA) is 92.8 Å². The number of hydrogen-bond acceptors (Lipinski definition) is 6. The number of nitrogens with one attached hydrogen (secondary N) is 1. The highest BCUT2D eigenvalue weighted by Gasteiger charge is 2.31. The summed E-state index contributed by atoms with van der Waals surface area (Å²) in [7, 11) is 5.10. The zero-order valence-corrected chi connectivity index (χ0v) is 17.2. The Kier molecular flexibility index (Phi) is 5.22. The molecule has 4 rings (SSSR count). The molecule has 1 aromatic heterocycles. The molecular weight excluding hydrogens is 384 g/mol. The van der Waals surface area contributed by atoms with Crippen molar-refractivity contribution >= 4 is 22.4 Å². The van der Waals surface area contributed by atoms with Gasteiger partial charge in [-0.15, -0.1) is 0 Å². The average molecular weight is 408 g/mol. The second-order valence-electron chi connectivity index (χ2n) is 6.96. The predicted octanol–water partition coefficient (Wildman–Crippen LogP) is 3.23. The number of aromatic nitrogens is 2. The van der Waals surface area contributed by atoms with E-state index in [1.165, 1.54) is 0 Å². The van der Waals surface area contributed by atoms with Gasteiger partial charge in [-0.2, -0.15) is 0 Å². The maximum absolute atomic E-state index is 10.6. The second kappa shape index (κ2) is 7.98. The van der Waals surface area contributed by atoms with Gasteiger partial charge in [0.1, 0.15) is 41.3 Å². The Labute approximate surface area is 174 Å². The van der Waals surface area contributed by atoms with Gasteiger partial charge in [-0.3, -0.25) is 5.41 Å². The molecule has 30 heavy (non-hydrogen) atoms. The van der Waals surface area contributed by atoms with Crippen molar-refractivity contribution in [3.8, 4) is 17.2 Å². The Morgan fingerprint density at radius 1 is 1.03 bits per heavy atom. The number of aliphatic hydroxyl groups excluding tert-OH is 1. The van der Waals surface area contributed by atoms with Crippen molar-refractivity contribution in [2.75, 3.05) is 33.9 Å². The van der Waals surface area contributed by atoms with Gasteiger partial charge >= 0.3 is 0 Å². The molecule has 0 bridgehead atoms. The van der Waals surface area contributed by atoms with Gasteiger partial charge in [0.05, 0.1) is 43.9 Å². The molecule has 3 aromatic rings. The van der Waals surface area contributed by atoms with E-state index in [1.807, 2.05) is 54.1 Å². The summed E-state index contributed by atoms with van der Waals surface area (Å²) in [5.41, 5.74) is 2.10. The SMILES string of the molecule is COc1ccc(OCCN2CC(O)=C(c3nc4cc(OC)ccc4n3C)C2=N)cc1. The van der Waals surface area contributed by atoms with Gasteiger partial charge < -0.3 is 28.8 Å². The van der Waals surface area contributed by atoms with E-state index in [-0.39, 0.29) is 18.1 Å². The third kappa shape index (κ3) is 3.52. The molecule has 8 heteroatoms. The number of imidazole rings is 1. The molecule has 0 fully saturated rings. The highest BCUT2D eigenvalue weighted by molar-refractivity contribution is 6.23. The lowest BCUT2D eigenvalue weighted by molar-refractivity contribution is 0.265. The number of amidine groups is 1. The Morgan fingerprint density at radius 3 is 2.40 bits per heavy atom. The molecule has 0 spiro atoms. The number of ether oxygens (including phenoxy) is 3. The van der Waals surface area contributed by atoms with Crippen LogP contribution in [0.5, 0.6) is 17.2 Å². The minimum atomic E-state index is 0.134. The number of aryl methyl sites for hydroxylation is 1. The van der Waals surface area contributed by atoms with E-state index in [0.29, 0.717) is 30.3 Å². The van der Waals surface area contributed by atoms with E-state index in [2.05, 4.69) is 4.98 Å². The standard InChI is InChI=1S/C22H24N4O4/c1-25-18-9-8-16(29-3)12-17(18)24-22(25)20-19(27)13-26(21(20)23)10-11-30-15-6-4-14(28-2)5-7-15/h4-9,12,23,27H,10-11,13H2,1-3H3. The zero-order chi connectivity index (χ0) is 21.3. The Balaban J connectivity index is 1.47. The lowest BCUT2D eigenvalue weighted by Crippen LogP contribution is -2.31. The number of fused-ring (bicyclic) bond motifs is 1. The third-order valence-corrected chi connectivity index (χ3v) is 5.18.